The predicted octanol–water partition coefficient (Wildman–Crippen LogP) is 3.38. The number of rotatable bonds is 12. The Kier molecular flexibility index (Phi) is 8.12. The summed E-state index contributed by atoms with van der Waals surface area (Å²) in [5, 5.41) is 0. The van der Waals surface area contributed by atoms with Gasteiger partial charge in [0.2, 0.25) is 0 Å². The molecule has 1 aromatic carbocycles. The molecular weight excluding hydrogens is 444 g/mol. The maximum Gasteiger partial charge on any atom is 0.332 e. The Morgan fingerprint density at radius 2 is 1.48 bits per heavy atom. The third-order valence-corrected chi connectivity index (χ3v) is 7.16. The summed E-state index contributed by atoms with van der Waals surface area (Å²) in [6.45, 7) is 7.16. The van der Waals surface area contributed by atoms with Gasteiger partial charge in [-0.05, 0) is 43.5 Å². The third kappa shape index (κ3) is 5.05. The fourth-order valence-electron chi connectivity index (χ4n) is 3.53. The standard InChI is InChI=1S/C23H32N4O5S/c1-4-7-14-25-21-20(22(28)26(23(25)29)15-8-5-2)27(17-24-21)33(30,31)19-12-10-18(11-13-19)32-16-9-6-3/h10-13,17H,4-9,14-16H2,1-3H3. The van der Waals surface area contributed by atoms with Crippen molar-refractivity contribution in [1.82, 2.24) is 18.1 Å². The number of hydrogen-bond acceptors (Lipinski definition) is 6. The van der Waals surface area contributed by atoms with Gasteiger partial charge in [0.1, 0.15) is 12.1 Å². The van der Waals surface area contributed by atoms with E-state index >= 15 is 0 Å². The number of imidazole rings is 1. The van der Waals surface area contributed by atoms with Crippen LogP contribution in [0.2, 0.25) is 0 Å². The van der Waals surface area contributed by atoms with Crippen LogP contribution in [0.25, 0.3) is 11.2 Å². The van der Waals surface area contributed by atoms with Crippen molar-refractivity contribution in [3.05, 3.63) is 51.4 Å². The summed E-state index contributed by atoms with van der Waals surface area (Å²) < 4.78 is 35.9. The zero-order valence-corrected chi connectivity index (χ0v) is 20.3. The first kappa shape index (κ1) is 24.8. The molecule has 2 heterocycles. The lowest BCUT2D eigenvalue weighted by molar-refractivity contribution is 0.309. The molecule has 0 aliphatic heterocycles. The highest BCUT2D eigenvalue weighted by Crippen LogP contribution is 2.21. The summed E-state index contributed by atoms with van der Waals surface area (Å²) in [5.41, 5.74) is -1.11. The molecule has 0 saturated heterocycles. The highest BCUT2D eigenvalue weighted by Gasteiger charge is 2.25. The van der Waals surface area contributed by atoms with Crippen molar-refractivity contribution in [3.63, 3.8) is 0 Å². The minimum Gasteiger partial charge on any atom is -0.494 e. The molecule has 0 radical (unpaired) electrons. The molecule has 0 spiro atoms. The predicted molar refractivity (Wildman–Crippen MR) is 127 cm³/mol. The zero-order valence-electron chi connectivity index (χ0n) is 19.5. The average Bonchev–Trinajstić information content (AvgIpc) is 3.26. The second-order valence-corrected chi connectivity index (χ2v) is 9.80. The Morgan fingerprint density at radius 3 is 2.09 bits per heavy atom. The molecular formula is C23H32N4O5S. The maximum atomic E-state index is 13.4. The summed E-state index contributed by atoms with van der Waals surface area (Å²) in [4.78, 5) is 30.4. The van der Waals surface area contributed by atoms with Crippen LogP contribution in [0, 0.1) is 0 Å². The molecule has 10 heteroatoms. The number of nitrogens with zero attached hydrogens (tertiary/aromatic N) is 4. The van der Waals surface area contributed by atoms with Crippen molar-refractivity contribution >= 4 is 21.2 Å². The van der Waals surface area contributed by atoms with Crippen LogP contribution in [-0.2, 0) is 23.1 Å². The first-order valence-corrected chi connectivity index (χ1v) is 13.0. The summed E-state index contributed by atoms with van der Waals surface area (Å²) in [6.07, 6.45) is 6.00. The van der Waals surface area contributed by atoms with Crippen molar-refractivity contribution in [2.45, 2.75) is 77.3 Å². The van der Waals surface area contributed by atoms with Crippen molar-refractivity contribution < 1.29 is 13.2 Å². The molecule has 0 unspecified atom stereocenters. The molecule has 3 aromatic rings. The van der Waals surface area contributed by atoms with Crippen LogP contribution in [-0.4, -0.2) is 33.1 Å². The molecule has 3 rings (SSSR count). The van der Waals surface area contributed by atoms with E-state index in [4.69, 9.17) is 4.74 Å². The van der Waals surface area contributed by atoms with Crippen molar-refractivity contribution in [1.29, 1.82) is 0 Å². The van der Waals surface area contributed by atoms with E-state index < -0.39 is 21.3 Å². The van der Waals surface area contributed by atoms with Gasteiger partial charge in [0.15, 0.2) is 11.2 Å². The monoisotopic (exact) mass is 476 g/mol. The Hall–Kier alpha value is -2.88. The van der Waals surface area contributed by atoms with Crippen LogP contribution in [0.4, 0.5) is 0 Å². The molecule has 0 N–H and O–H groups in total. The number of aromatic nitrogens is 4. The summed E-state index contributed by atoms with van der Waals surface area (Å²) >= 11 is 0. The fourth-order valence-corrected chi connectivity index (χ4v) is 4.81. The van der Waals surface area contributed by atoms with Gasteiger partial charge >= 0.3 is 5.69 Å². The quantitative estimate of drug-likeness (QED) is 0.371. The first-order valence-electron chi connectivity index (χ1n) is 11.6. The Bertz CT molecular complexity index is 1300. The van der Waals surface area contributed by atoms with Crippen LogP contribution in [0.15, 0.2) is 45.1 Å². The van der Waals surface area contributed by atoms with E-state index in [9.17, 15) is 18.0 Å². The molecule has 33 heavy (non-hydrogen) atoms. The Balaban J connectivity index is 2.12. The topological polar surface area (TPSA) is 105 Å². The number of hydrogen-bond donors (Lipinski definition) is 0. The van der Waals surface area contributed by atoms with Crippen molar-refractivity contribution in [3.8, 4) is 5.75 Å². The minimum atomic E-state index is -4.10. The van der Waals surface area contributed by atoms with Gasteiger partial charge in [-0.2, -0.15) is 0 Å². The van der Waals surface area contributed by atoms with E-state index in [1.807, 2.05) is 13.8 Å². The number of aryl methyl sites for hydroxylation is 1. The molecule has 0 atom stereocenters. The van der Waals surface area contributed by atoms with Crippen LogP contribution < -0.4 is 16.0 Å². The van der Waals surface area contributed by atoms with E-state index in [0.29, 0.717) is 31.7 Å². The third-order valence-electron chi connectivity index (χ3n) is 5.50. The molecule has 180 valence electrons. The Morgan fingerprint density at radius 1 is 0.879 bits per heavy atom. The molecule has 2 aromatic heterocycles. The summed E-state index contributed by atoms with van der Waals surface area (Å²) in [5.74, 6) is 0.577. The van der Waals surface area contributed by atoms with Crippen molar-refractivity contribution in [2.24, 2.45) is 0 Å². The number of fused-ring (bicyclic) bond motifs is 1. The molecule has 9 nitrogen and oxygen atoms in total. The second-order valence-electron chi connectivity index (χ2n) is 7.99. The summed E-state index contributed by atoms with van der Waals surface area (Å²) in [6, 6.07) is 6.09. The van der Waals surface area contributed by atoms with Gasteiger partial charge in [-0.3, -0.25) is 13.9 Å². The highest BCUT2D eigenvalue weighted by atomic mass is 32.2. The lowest BCUT2D eigenvalue weighted by atomic mass is 10.3. The van der Waals surface area contributed by atoms with E-state index in [1.54, 1.807) is 12.1 Å². The number of benzene rings is 1. The summed E-state index contributed by atoms with van der Waals surface area (Å²) in [7, 11) is -4.10. The molecule has 0 aliphatic carbocycles. The van der Waals surface area contributed by atoms with E-state index in [2.05, 4.69) is 11.9 Å². The molecule has 0 saturated carbocycles. The van der Waals surface area contributed by atoms with Crippen LogP contribution in [0.3, 0.4) is 0 Å². The normalized spacial score (nSPS) is 11.8. The van der Waals surface area contributed by atoms with E-state index in [1.165, 1.54) is 16.7 Å². The maximum absolute atomic E-state index is 13.4. The highest BCUT2D eigenvalue weighted by molar-refractivity contribution is 7.90. The van der Waals surface area contributed by atoms with Gasteiger partial charge < -0.3 is 4.74 Å². The largest absolute Gasteiger partial charge is 0.494 e. The van der Waals surface area contributed by atoms with Gasteiger partial charge in [0.05, 0.1) is 11.5 Å². The zero-order chi connectivity index (χ0) is 24.0. The fraction of sp³-hybridized carbons (Fsp3) is 0.522. The van der Waals surface area contributed by atoms with Gasteiger partial charge in [-0.25, -0.2) is 22.2 Å². The van der Waals surface area contributed by atoms with Crippen LogP contribution >= 0.6 is 0 Å². The van der Waals surface area contributed by atoms with Gasteiger partial charge in [0, 0.05) is 13.1 Å². The molecule has 0 fully saturated rings. The lowest BCUT2D eigenvalue weighted by Gasteiger charge is -2.12. The average molecular weight is 477 g/mol. The minimum absolute atomic E-state index is 0.00968. The second kappa shape index (κ2) is 10.8. The van der Waals surface area contributed by atoms with Gasteiger partial charge in [-0.15, -0.1) is 0 Å². The molecule has 0 bridgehead atoms. The molecule has 0 aliphatic rings. The smallest absolute Gasteiger partial charge is 0.332 e. The first-order chi connectivity index (χ1) is 15.9. The lowest BCUT2D eigenvalue weighted by Crippen LogP contribution is -2.41. The van der Waals surface area contributed by atoms with Crippen molar-refractivity contribution in [2.75, 3.05) is 6.61 Å². The van der Waals surface area contributed by atoms with Gasteiger partial charge in [-0.1, -0.05) is 40.0 Å². The Labute approximate surface area is 193 Å². The van der Waals surface area contributed by atoms with E-state index in [-0.39, 0.29) is 22.6 Å². The SMILES string of the molecule is CCCCOc1ccc(S(=O)(=O)n2cnc3c2c(=O)n(CCCC)c(=O)n3CCCC)cc1. The van der Waals surface area contributed by atoms with Crippen LogP contribution in [0.5, 0.6) is 5.75 Å². The number of ether oxygens (including phenoxy) is 1. The van der Waals surface area contributed by atoms with Crippen LogP contribution in [0.1, 0.15) is 59.3 Å². The van der Waals surface area contributed by atoms with E-state index in [0.717, 1.165) is 40.6 Å². The number of unbranched alkanes of at least 4 members (excludes halogenated alkanes) is 3. The van der Waals surface area contributed by atoms with Gasteiger partial charge in [0.25, 0.3) is 15.6 Å². The molecule has 0 amide bonds.